The first-order valence-electron chi connectivity index (χ1n) is 14.8. The van der Waals surface area contributed by atoms with Crippen molar-refractivity contribution >= 4 is 17.8 Å². The van der Waals surface area contributed by atoms with E-state index in [1.165, 1.54) is 13.2 Å². The van der Waals surface area contributed by atoms with Gasteiger partial charge in [0.1, 0.15) is 5.75 Å². The zero-order valence-corrected chi connectivity index (χ0v) is 24.1. The number of amides is 2. The second-order valence-corrected chi connectivity index (χ2v) is 13.5. The van der Waals surface area contributed by atoms with Crippen LogP contribution >= 0.6 is 0 Å². The van der Waals surface area contributed by atoms with Gasteiger partial charge in [0.05, 0.1) is 30.1 Å². The van der Waals surface area contributed by atoms with Crippen molar-refractivity contribution in [2.45, 2.75) is 103 Å². The van der Waals surface area contributed by atoms with E-state index >= 15 is 0 Å². The van der Waals surface area contributed by atoms with Crippen molar-refractivity contribution in [1.82, 2.24) is 10.6 Å². The number of rotatable bonds is 8. The predicted molar refractivity (Wildman–Crippen MR) is 147 cm³/mol. The Morgan fingerprint density at radius 1 is 0.950 bits per heavy atom. The van der Waals surface area contributed by atoms with E-state index in [1.54, 1.807) is 6.92 Å². The highest BCUT2D eigenvalue weighted by molar-refractivity contribution is 5.98. The molecule has 2 bridgehead atoms. The molecule has 3 N–H and O–H groups in total. The summed E-state index contributed by atoms with van der Waals surface area (Å²) in [5, 5.41) is 15.9. The molecule has 4 aliphatic carbocycles. The number of carbonyl (C=O) groups is 3. The Morgan fingerprint density at radius 3 is 2.27 bits per heavy atom. The van der Waals surface area contributed by atoms with Crippen molar-refractivity contribution in [2.24, 2.45) is 28.6 Å². The smallest absolute Gasteiger partial charge is 0.309 e. The summed E-state index contributed by atoms with van der Waals surface area (Å²) in [7, 11) is 1.39. The van der Waals surface area contributed by atoms with Gasteiger partial charge in [0.2, 0.25) is 5.91 Å². The van der Waals surface area contributed by atoms with Crippen molar-refractivity contribution < 1.29 is 33.4 Å². The summed E-state index contributed by atoms with van der Waals surface area (Å²) >= 11 is 0. The van der Waals surface area contributed by atoms with E-state index in [2.05, 4.69) is 24.5 Å². The van der Waals surface area contributed by atoms with Gasteiger partial charge in [-0.15, -0.1) is 0 Å². The molecule has 1 unspecified atom stereocenters. The van der Waals surface area contributed by atoms with Gasteiger partial charge in [0.25, 0.3) is 5.91 Å². The molecule has 5 atom stereocenters. The highest BCUT2D eigenvalue weighted by atomic mass is 19.1. The van der Waals surface area contributed by atoms with E-state index in [0.29, 0.717) is 25.7 Å². The first-order chi connectivity index (χ1) is 18.9. The monoisotopic (exact) mass is 558 g/mol. The largest absolute Gasteiger partial charge is 0.496 e. The number of benzene rings is 1. The van der Waals surface area contributed by atoms with E-state index in [9.17, 15) is 23.9 Å². The lowest BCUT2D eigenvalue weighted by Crippen LogP contribution is -2.53. The van der Waals surface area contributed by atoms with E-state index < -0.39 is 23.1 Å². The average Bonchev–Trinajstić information content (AvgIpc) is 3.61. The fraction of sp³-hybridized carbons (Fsp3) is 0.710. The fourth-order valence-electron chi connectivity index (χ4n) is 7.68. The van der Waals surface area contributed by atoms with Crippen molar-refractivity contribution in [3.8, 4) is 11.5 Å². The summed E-state index contributed by atoms with van der Waals surface area (Å²) in [6.45, 7) is 6.12. The summed E-state index contributed by atoms with van der Waals surface area (Å²) in [5.41, 5.74) is -0.585. The van der Waals surface area contributed by atoms with Crippen molar-refractivity contribution in [2.75, 3.05) is 7.11 Å². The molecule has 1 aromatic rings. The number of fused-ring (bicyclic) bond motifs is 2. The number of methoxy groups -OCH3 is 1. The maximum atomic E-state index is 15.0. The van der Waals surface area contributed by atoms with Crippen LogP contribution in [0.1, 0.15) is 95.3 Å². The van der Waals surface area contributed by atoms with Crippen LogP contribution in [0.4, 0.5) is 4.39 Å². The molecule has 0 aromatic heterocycles. The summed E-state index contributed by atoms with van der Waals surface area (Å²) < 4.78 is 26.3. The predicted octanol–water partition coefficient (Wildman–Crippen LogP) is 5.09. The molecule has 0 saturated heterocycles. The maximum absolute atomic E-state index is 15.0. The van der Waals surface area contributed by atoms with Crippen LogP contribution in [-0.4, -0.2) is 48.2 Å². The Bertz CT molecular complexity index is 1160. The molecule has 0 heterocycles. The van der Waals surface area contributed by atoms with Crippen LogP contribution in [0.2, 0.25) is 0 Å². The van der Waals surface area contributed by atoms with Gasteiger partial charge in [-0.05, 0) is 88.0 Å². The second kappa shape index (κ2) is 10.9. The molecule has 220 valence electrons. The molecule has 8 nitrogen and oxygen atoms in total. The minimum atomic E-state index is -0.833. The third-order valence-electron chi connectivity index (χ3n) is 10.4. The van der Waals surface area contributed by atoms with E-state index in [4.69, 9.17) is 9.47 Å². The maximum Gasteiger partial charge on any atom is 0.309 e. The average molecular weight is 559 g/mol. The van der Waals surface area contributed by atoms with Crippen LogP contribution in [0.15, 0.2) is 12.1 Å². The summed E-state index contributed by atoms with van der Waals surface area (Å²) in [6.07, 6.45) is 7.53. The Morgan fingerprint density at radius 2 is 1.65 bits per heavy atom. The lowest BCUT2D eigenvalue weighted by Gasteiger charge is -2.34. The van der Waals surface area contributed by atoms with Crippen LogP contribution < -0.4 is 20.1 Å². The highest BCUT2D eigenvalue weighted by Crippen LogP contribution is 2.49. The number of carbonyl (C=O) groups excluding carboxylic acids is 2. The highest BCUT2D eigenvalue weighted by Gasteiger charge is 2.52. The number of carboxylic acids is 1. The topological polar surface area (TPSA) is 114 Å². The first-order valence-corrected chi connectivity index (χ1v) is 14.8. The molecule has 0 spiro atoms. The fourth-order valence-corrected chi connectivity index (χ4v) is 7.68. The van der Waals surface area contributed by atoms with Gasteiger partial charge in [0.15, 0.2) is 11.6 Å². The van der Waals surface area contributed by atoms with Gasteiger partial charge < -0.3 is 25.2 Å². The molecule has 4 fully saturated rings. The number of aliphatic carboxylic acids is 1. The Balaban J connectivity index is 1.30. The SMILES string of the molecule is COc1cc(F)c(OC2CCC(C)(C(=O)O)CC2)cc1C(=O)N[C@@H]1[C@H]2CC[C@H](C2)[C@@H]1C(=O)NC1CCCC1(C)C. The molecule has 9 heteroatoms. The van der Waals surface area contributed by atoms with Gasteiger partial charge in [0, 0.05) is 18.2 Å². The van der Waals surface area contributed by atoms with Gasteiger partial charge in [-0.25, -0.2) is 4.39 Å². The number of hydrogen-bond donors (Lipinski definition) is 3. The van der Waals surface area contributed by atoms with Crippen molar-refractivity contribution in [1.29, 1.82) is 0 Å². The Labute approximate surface area is 235 Å². The molecule has 40 heavy (non-hydrogen) atoms. The van der Waals surface area contributed by atoms with Crippen LogP contribution in [0.25, 0.3) is 0 Å². The van der Waals surface area contributed by atoms with E-state index in [-0.39, 0.29) is 64.3 Å². The van der Waals surface area contributed by atoms with Crippen molar-refractivity contribution in [3.63, 3.8) is 0 Å². The summed E-state index contributed by atoms with van der Waals surface area (Å²) in [5.74, 6) is -1.63. The first kappa shape index (κ1) is 28.7. The molecule has 1 aromatic carbocycles. The molecule has 0 radical (unpaired) electrons. The minimum Gasteiger partial charge on any atom is -0.496 e. The third kappa shape index (κ3) is 5.40. The Hall–Kier alpha value is -2.84. The molecular formula is C31H43FN2O6. The van der Waals surface area contributed by atoms with E-state index in [0.717, 1.165) is 44.6 Å². The van der Waals surface area contributed by atoms with Crippen molar-refractivity contribution in [3.05, 3.63) is 23.5 Å². The number of nitrogens with one attached hydrogen (secondary N) is 2. The van der Waals surface area contributed by atoms with Gasteiger partial charge in [-0.1, -0.05) is 20.3 Å². The second-order valence-electron chi connectivity index (χ2n) is 13.5. The molecular weight excluding hydrogens is 515 g/mol. The number of carboxylic acid groups (broad SMARTS) is 1. The number of halogens is 1. The number of ether oxygens (including phenoxy) is 2. The van der Waals surface area contributed by atoms with Crippen LogP contribution in [0, 0.1) is 34.4 Å². The normalized spacial score (nSPS) is 34.3. The quantitative estimate of drug-likeness (QED) is 0.410. The van der Waals surface area contributed by atoms with Crippen LogP contribution in [0.5, 0.6) is 11.5 Å². The lowest BCUT2D eigenvalue weighted by molar-refractivity contribution is -0.150. The zero-order valence-electron chi connectivity index (χ0n) is 24.1. The van der Waals surface area contributed by atoms with E-state index in [1.807, 2.05) is 0 Å². The van der Waals surface area contributed by atoms with Gasteiger partial charge in [-0.2, -0.15) is 0 Å². The molecule has 0 aliphatic heterocycles. The zero-order chi connectivity index (χ0) is 28.8. The number of hydrogen-bond acceptors (Lipinski definition) is 5. The summed E-state index contributed by atoms with van der Waals surface area (Å²) in [6, 6.07) is 2.38. The molecule has 2 amide bonds. The van der Waals surface area contributed by atoms with Gasteiger partial charge in [-0.3, -0.25) is 14.4 Å². The molecule has 5 rings (SSSR count). The standard InChI is InChI=1S/C31H43FN2O6/c1-30(2)11-5-6-24(30)33-28(36)25-17-7-8-18(14-17)26(25)34-27(35)20-15-23(21(32)16-22(20)39-4)40-19-9-12-31(3,13-10-19)29(37)38/h15-19,24-26H,5-14H2,1-4H3,(H,33,36)(H,34,35)(H,37,38)/t17-,18+,19?,24?,25+,26-,31?/m1/s1. The molecule has 4 aliphatic rings. The third-order valence-corrected chi connectivity index (χ3v) is 10.4. The minimum absolute atomic E-state index is 0.0261. The van der Waals surface area contributed by atoms with Crippen LogP contribution in [0.3, 0.4) is 0 Å². The summed E-state index contributed by atoms with van der Waals surface area (Å²) in [4.78, 5) is 38.7. The van der Waals surface area contributed by atoms with Gasteiger partial charge >= 0.3 is 5.97 Å². The lowest BCUT2D eigenvalue weighted by atomic mass is 9.75. The Kier molecular flexibility index (Phi) is 7.79. The van der Waals surface area contributed by atoms with Crippen LogP contribution in [-0.2, 0) is 9.59 Å². The molecule has 4 saturated carbocycles.